The van der Waals surface area contributed by atoms with Gasteiger partial charge in [0.2, 0.25) is 23.6 Å². The molecule has 0 unspecified atom stereocenters. The molecule has 20 heteroatoms. The number of unbranched alkanes of at least 4 members (excludes halogenated alkanes) is 1. The first-order valence-corrected chi connectivity index (χ1v) is 16.8. The Labute approximate surface area is 275 Å². The highest BCUT2D eigenvalue weighted by Crippen LogP contribution is 2.37. The van der Waals surface area contributed by atoms with Gasteiger partial charge in [0.1, 0.15) is 29.9 Å². The van der Waals surface area contributed by atoms with Crippen molar-refractivity contribution in [2.24, 2.45) is 11.5 Å². The predicted octanol–water partition coefficient (Wildman–Crippen LogP) is -3.87. The number of aliphatic carboxylic acids is 1. The van der Waals surface area contributed by atoms with Crippen molar-refractivity contribution in [2.45, 2.75) is 80.9 Å². The molecule has 3 rings (SSSR count). The highest BCUT2D eigenvalue weighted by molar-refractivity contribution is 7.46. The number of carboxylic acid groups (broad SMARTS) is 1. The van der Waals surface area contributed by atoms with Gasteiger partial charge in [-0.25, -0.2) is 9.36 Å². The molecule has 0 bridgehead atoms. The van der Waals surface area contributed by atoms with Crippen LogP contribution in [0, 0.1) is 0 Å². The van der Waals surface area contributed by atoms with Crippen LogP contribution < -0.4 is 26.6 Å². The standard InChI is InChI=1S/C28H43N6O13P/c29-8-2-1-3-19(30)26(40)33-12-16(36)10-22(33)25(39)32-21(14-35)24(38)31-20(27(41)34-13-17(37)11-23(34)28(42)43)9-15-4-6-18(7-5-15)47-48(44,45)46/h4-7,16-17,19-23,35-37H,1-3,8-14,29-30H2,(H,31,38)(H,32,39)(H,42,43)(H2,44,45,46)/t16-,17-,19+,20+,21+,22+,23+/m1/s1. The topological polar surface area (TPSA) is 316 Å². The zero-order chi connectivity index (χ0) is 35.8. The molecular formula is C28H43N6O13P. The SMILES string of the molecule is NCCCC[C@H](N)C(=O)N1C[C@H](O)C[C@H]1C(=O)N[C@@H](CO)C(=O)N[C@@H](Cc1ccc(OP(=O)(O)O)cc1)C(=O)N1C[C@H](O)C[C@H]1C(=O)O. The number of phosphoric acid groups is 1. The van der Waals surface area contributed by atoms with Crippen LogP contribution in [0.4, 0.5) is 0 Å². The number of β-amino-alcohol motifs (C(OH)–C–C–N with tert-alkyl or cyclic N) is 2. The Balaban J connectivity index is 1.78. The van der Waals surface area contributed by atoms with Gasteiger partial charge in [-0.05, 0) is 37.1 Å². The lowest BCUT2D eigenvalue weighted by Gasteiger charge is -2.30. The van der Waals surface area contributed by atoms with Gasteiger partial charge >= 0.3 is 13.8 Å². The third-order valence-electron chi connectivity index (χ3n) is 8.02. The van der Waals surface area contributed by atoms with Gasteiger partial charge in [0.05, 0.1) is 24.9 Å². The van der Waals surface area contributed by atoms with E-state index in [2.05, 4.69) is 15.2 Å². The number of amides is 4. The second kappa shape index (κ2) is 17.1. The Morgan fingerprint density at radius 1 is 0.917 bits per heavy atom. The number of likely N-dealkylation sites (tertiary alicyclic amines) is 2. The van der Waals surface area contributed by atoms with Crippen molar-refractivity contribution in [2.75, 3.05) is 26.2 Å². The molecule has 2 fully saturated rings. The molecule has 0 radical (unpaired) electrons. The van der Waals surface area contributed by atoms with Gasteiger partial charge in [-0.15, -0.1) is 0 Å². The highest BCUT2D eigenvalue weighted by atomic mass is 31.2. The number of carboxylic acids is 1. The van der Waals surface area contributed by atoms with E-state index in [0.717, 1.165) is 9.80 Å². The maximum Gasteiger partial charge on any atom is 0.524 e. The van der Waals surface area contributed by atoms with E-state index in [1.54, 1.807) is 0 Å². The summed E-state index contributed by atoms with van der Waals surface area (Å²) in [6.07, 6.45) is -1.42. The quantitative estimate of drug-likeness (QED) is 0.0582. The van der Waals surface area contributed by atoms with E-state index < -0.39 is 86.4 Å². The third-order valence-corrected chi connectivity index (χ3v) is 8.46. The first-order chi connectivity index (χ1) is 22.5. The van der Waals surface area contributed by atoms with Gasteiger partial charge in [0.15, 0.2) is 0 Å². The fourth-order valence-electron chi connectivity index (χ4n) is 5.64. The molecule has 2 aliphatic heterocycles. The molecule has 19 nitrogen and oxygen atoms in total. The van der Waals surface area contributed by atoms with Crippen molar-refractivity contribution in [3.63, 3.8) is 0 Å². The summed E-state index contributed by atoms with van der Waals surface area (Å²) in [6.45, 7) is -1.07. The second-order valence-corrected chi connectivity index (χ2v) is 12.9. The largest absolute Gasteiger partial charge is 0.524 e. The number of aliphatic hydroxyl groups excluding tert-OH is 3. The van der Waals surface area contributed by atoms with Gasteiger partial charge in [-0.2, -0.15) is 0 Å². The van der Waals surface area contributed by atoms with Crippen molar-refractivity contribution in [1.29, 1.82) is 0 Å². The molecule has 4 amide bonds. The van der Waals surface area contributed by atoms with Gasteiger partial charge in [-0.3, -0.25) is 29.0 Å². The number of nitrogens with two attached hydrogens (primary N) is 2. The molecule has 7 atom stereocenters. The van der Waals surface area contributed by atoms with E-state index in [9.17, 15) is 49.0 Å². The van der Waals surface area contributed by atoms with Gasteiger partial charge < -0.3 is 56.9 Å². The molecule has 0 saturated carbocycles. The first kappa shape index (κ1) is 38.8. The molecular weight excluding hydrogens is 659 g/mol. The molecule has 0 aliphatic carbocycles. The lowest BCUT2D eigenvalue weighted by Crippen LogP contribution is -2.59. The summed E-state index contributed by atoms with van der Waals surface area (Å²) in [5.41, 5.74) is 11.8. The lowest BCUT2D eigenvalue weighted by molar-refractivity contribution is -0.149. The summed E-state index contributed by atoms with van der Waals surface area (Å²) in [6, 6.07) is -1.66. The van der Waals surface area contributed by atoms with Crippen LogP contribution in [0.1, 0.15) is 37.7 Å². The predicted molar refractivity (Wildman–Crippen MR) is 165 cm³/mol. The molecule has 1 aromatic carbocycles. The van der Waals surface area contributed by atoms with Crippen LogP contribution in [0.5, 0.6) is 5.75 Å². The normalized spacial score (nSPS) is 22.9. The van der Waals surface area contributed by atoms with Crippen LogP contribution in [0.15, 0.2) is 24.3 Å². The summed E-state index contributed by atoms with van der Waals surface area (Å²) >= 11 is 0. The van der Waals surface area contributed by atoms with Crippen LogP contribution in [0.25, 0.3) is 0 Å². The minimum atomic E-state index is -4.86. The maximum absolute atomic E-state index is 13.6. The van der Waals surface area contributed by atoms with Crippen LogP contribution in [0.3, 0.4) is 0 Å². The zero-order valence-electron chi connectivity index (χ0n) is 26.0. The Morgan fingerprint density at radius 2 is 1.50 bits per heavy atom. The monoisotopic (exact) mass is 702 g/mol. The van der Waals surface area contributed by atoms with Crippen molar-refractivity contribution < 1.29 is 63.3 Å². The number of aliphatic hydroxyl groups is 3. The number of carbonyl (C=O) groups excluding carboxylic acids is 4. The number of nitrogens with zero attached hydrogens (tertiary/aromatic N) is 2. The average molecular weight is 703 g/mol. The fourth-order valence-corrected chi connectivity index (χ4v) is 6.03. The molecule has 0 aromatic heterocycles. The second-order valence-electron chi connectivity index (χ2n) is 11.8. The zero-order valence-corrected chi connectivity index (χ0v) is 26.9. The van der Waals surface area contributed by atoms with Crippen LogP contribution >= 0.6 is 7.82 Å². The van der Waals surface area contributed by atoms with Crippen molar-refractivity contribution in [3.8, 4) is 5.75 Å². The van der Waals surface area contributed by atoms with Crippen LogP contribution in [0.2, 0.25) is 0 Å². The Bertz CT molecular complexity index is 1360. The fraction of sp³-hybridized carbons (Fsp3) is 0.607. The molecule has 1 aromatic rings. The Kier molecular flexibility index (Phi) is 13.8. The van der Waals surface area contributed by atoms with Crippen molar-refractivity contribution in [3.05, 3.63) is 29.8 Å². The van der Waals surface area contributed by atoms with E-state index in [1.807, 2.05) is 0 Å². The first-order valence-electron chi connectivity index (χ1n) is 15.3. The molecule has 0 spiro atoms. The van der Waals surface area contributed by atoms with Gasteiger partial charge in [0.25, 0.3) is 0 Å². The van der Waals surface area contributed by atoms with E-state index in [1.165, 1.54) is 24.3 Å². The molecule has 268 valence electrons. The number of phosphoric ester groups is 1. The molecule has 2 aliphatic rings. The van der Waals surface area contributed by atoms with Crippen molar-refractivity contribution in [1.82, 2.24) is 20.4 Å². The minimum Gasteiger partial charge on any atom is -0.480 e. The van der Waals surface area contributed by atoms with E-state index in [4.69, 9.17) is 21.3 Å². The van der Waals surface area contributed by atoms with Gasteiger partial charge in [-0.1, -0.05) is 18.6 Å². The highest BCUT2D eigenvalue weighted by Gasteiger charge is 2.43. The molecule has 2 saturated heterocycles. The summed E-state index contributed by atoms with van der Waals surface area (Å²) in [7, 11) is -4.86. The minimum absolute atomic E-state index is 0.163. The number of benzene rings is 1. The van der Waals surface area contributed by atoms with E-state index >= 15 is 0 Å². The van der Waals surface area contributed by atoms with Crippen LogP contribution in [-0.2, 0) is 35.0 Å². The van der Waals surface area contributed by atoms with E-state index in [-0.39, 0.29) is 38.1 Å². The van der Waals surface area contributed by atoms with E-state index in [0.29, 0.717) is 31.4 Å². The summed E-state index contributed by atoms with van der Waals surface area (Å²) in [4.78, 5) is 85.1. The number of nitrogens with one attached hydrogen (secondary N) is 2. The molecule has 48 heavy (non-hydrogen) atoms. The number of hydrogen-bond donors (Lipinski definition) is 10. The summed E-state index contributed by atoms with van der Waals surface area (Å²) in [5.74, 6) is -4.99. The summed E-state index contributed by atoms with van der Waals surface area (Å²) in [5, 5.41) is 44.7. The third kappa shape index (κ3) is 10.7. The van der Waals surface area contributed by atoms with Crippen LogP contribution in [-0.4, -0.2) is 138 Å². The number of carbonyl (C=O) groups is 5. The average Bonchev–Trinajstić information content (AvgIpc) is 3.61. The maximum atomic E-state index is 13.6. The van der Waals surface area contributed by atoms with Gasteiger partial charge in [0, 0.05) is 32.4 Å². The number of hydrogen-bond acceptors (Lipinski definition) is 12. The Morgan fingerprint density at radius 3 is 2.04 bits per heavy atom. The smallest absolute Gasteiger partial charge is 0.480 e. The lowest BCUT2D eigenvalue weighted by atomic mass is 10.0. The summed E-state index contributed by atoms with van der Waals surface area (Å²) < 4.78 is 15.7. The molecule has 2 heterocycles. The number of rotatable bonds is 16. The Hall–Kier alpha value is -3.68. The van der Waals surface area contributed by atoms with Crippen molar-refractivity contribution >= 4 is 37.4 Å². The molecule has 12 N–H and O–H groups in total.